The summed E-state index contributed by atoms with van der Waals surface area (Å²) in [4.78, 5) is 52.1. The molecule has 0 radical (unpaired) electrons. The van der Waals surface area contributed by atoms with Crippen molar-refractivity contribution in [3.63, 3.8) is 0 Å². The highest BCUT2D eigenvalue weighted by Crippen LogP contribution is 2.50. The summed E-state index contributed by atoms with van der Waals surface area (Å²) < 4.78 is 11.5. The van der Waals surface area contributed by atoms with Gasteiger partial charge in [0.1, 0.15) is 11.7 Å². The van der Waals surface area contributed by atoms with Crippen molar-refractivity contribution in [2.75, 3.05) is 0 Å². The van der Waals surface area contributed by atoms with E-state index in [1.165, 1.54) is 18.4 Å². The zero-order chi connectivity index (χ0) is 27.8. The van der Waals surface area contributed by atoms with Gasteiger partial charge in [0.25, 0.3) is 0 Å². The maximum Gasteiger partial charge on any atom is 0.318 e. The number of allylic oxidation sites excluding steroid dienone is 9. The van der Waals surface area contributed by atoms with Crippen molar-refractivity contribution in [2.45, 2.75) is 66.4 Å². The van der Waals surface area contributed by atoms with E-state index in [0.29, 0.717) is 28.7 Å². The average Bonchev–Trinajstić information content (AvgIpc) is 3.13. The SMILES string of the molecule is CCC(C)CC(C)/C=C(C)/C=C/C(=O)C1C(=O)O[C@@]2(C)C(=O)C=C3C=C(C4C(=O)C=CC[C@@H]4C)OC=C3[C@@H]12. The Morgan fingerprint density at radius 2 is 1.92 bits per heavy atom. The van der Waals surface area contributed by atoms with Crippen LogP contribution in [0.3, 0.4) is 0 Å². The molecule has 0 bridgehead atoms. The van der Waals surface area contributed by atoms with Crippen LogP contribution >= 0.6 is 0 Å². The Morgan fingerprint density at radius 3 is 2.61 bits per heavy atom. The second-order valence-electron chi connectivity index (χ2n) is 11.6. The molecule has 1 fully saturated rings. The lowest BCUT2D eigenvalue weighted by Crippen LogP contribution is -2.46. The third kappa shape index (κ3) is 5.18. The van der Waals surface area contributed by atoms with E-state index in [0.717, 1.165) is 24.8 Å². The maximum atomic E-state index is 13.4. The largest absolute Gasteiger partial charge is 0.468 e. The van der Waals surface area contributed by atoms with Gasteiger partial charge in [-0.3, -0.25) is 19.2 Å². The molecular formula is C32H38O6. The van der Waals surface area contributed by atoms with Gasteiger partial charge in [-0.2, -0.15) is 0 Å². The zero-order valence-corrected chi connectivity index (χ0v) is 23.2. The number of esters is 1. The van der Waals surface area contributed by atoms with Crippen LogP contribution in [0.5, 0.6) is 0 Å². The normalized spacial score (nSPS) is 32.5. The molecule has 0 amide bonds. The van der Waals surface area contributed by atoms with Crippen LogP contribution in [0, 0.1) is 35.5 Å². The summed E-state index contributed by atoms with van der Waals surface area (Å²) >= 11 is 0. The van der Waals surface area contributed by atoms with Crippen LogP contribution in [0.15, 0.2) is 71.3 Å². The molecule has 2 heterocycles. The first-order valence-corrected chi connectivity index (χ1v) is 13.6. The van der Waals surface area contributed by atoms with Gasteiger partial charge in [0.05, 0.1) is 18.1 Å². The van der Waals surface area contributed by atoms with Crippen molar-refractivity contribution in [2.24, 2.45) is 35.5 Å². The molecule has 4 unspecified atom stereocenters. The number of ether oxygens (including phenoxy) is 2. The molecule has 202 valence electrons. The maximum absolute atomic E-state index is 13.4. The Balaban J connectivity index is 1.59. The number of hydrogen-bond donors (Lipinski definition) is 0. The minimum Gasteiger partial charge on any atom is -0.468 e. The van der Waals surface area contributed by atoms with Crippen LogP contribution in [0.2, 0.25) is 0 Å². The average molecular weight is 519 g/mol. The van der Waals surface area contributed by atoms with E-state index in [9.17, 15) is 19.2 Å². The Hall–Kier alpha value is -3.28. The van der Waals surface area contributed by atoms with Crippen molar-refractivity contribution < 1.29 is 28.7 Å². The second-order valence-corrected chi connectivity index (χ2v) is 11.6. The van der Waals surface area contributed by atoms with Crippen LogP contribution in [0.1, 0.15) is 60.8 Å². The van der Waals surface area contributed by atoms with E-state index in [2.05, 4.69) is 26.8 Å². The van der Waals surface area contributed by atoms with Crippen molar-refractivity contribution in [1.29, 1.82) is 0 Å². The summed E-state index contributed by atoms with van der Waals surface area (Å²) in [5.41, 5.74) is 0.580. The Morgan fingerprint density at radius 1 is 1.18 bits per heavy atom. The van der Waals surface area contributed by atoms with Gasteiger partial charge in [-0.1, -0.05) is 57.9 Å². The second kappa shape index (κ2) is 10.8. The first kappa shape index (κ1) is 27.7. The molecule has 4 aliphatic rings. The smallest absolute Gasteiger partial charge is 0.318 e. The van der Waals surface area contributed by atoms with Gasteiger partial charge in [-0.05, 0) is 74.3 Å². The molecule has 0 N–H and O–H groups in total. The number of rotatable bonds is 8. The molecule has 0 aromatic carbocycles. The van der Waals surface area contributed by atoms with E-state index in [1.54, 1.807) is 25.2 Å². The number of hydrogen-bond acceptors (Lipinski definition) is 6. The van der Waals surface area contributed by atoms with Gasteiger partial charge >= 0.3 is 5.97 Å². The van der Waals surface area contributed by atoms with E-state index < -0.39 is 35.1 Å². The summed E-state index contributed by atoms with van der Waals surface area (Å²) in [7, 11) is 0. The minimum absolute atomic E-state index is 0.0427. The van der Waals surface area contributed by atoms with Crippen LogP contribution in [0.25, 0.3) is 0 Å². The highest BCUT2D eigenvalue weighted by atomic mass is 16.6. The first-order chi connectivity index (χ1) is 18.0. The highest BCUT2D eigenvalue weighted by molar-refractivity contribution is 6.12. The van der Waals surface area contributed by atoms with E-state index in [-0.39, 0.29) is 17.5 Å². The fraction of sp³-hybridized carbons (Fsp3) is 0.500. The third-order valence-corrected chi connectivity index (χ3v) is 8.36. The number of carbonyl (C=O) groups excluding carboxylic acids is 4. The van der Waals surface area contributed by atoms with Crippen LogP contribution in [-0.4, -0.2) is 28.9 Å². The van der Waals surface area contributed by atoms with Crippen molar-refractivity contribution >= 4 is 23.3 Å². The van der Waals surface area contributed by atoms with Gasteiger partial charge in [-0.25, -0.2) is 0 Å². The van der Waals surface area contributed by atoms with Crippen molar-refractivity contribution in [3.8, 4) is 0 Å². The Labute approximate surface area is 225 Å². The number of carbonyl (C=O) groups is 4. The molecule has 1 saturated heterocycles. The molecular weight excluding hydrogens is 480 g/mol. The van der Waals surface area contributed by atoms with Gasteiger partial charge in [0, 0.05) is 5.57 Å². The van der Waals surface area contributed by atoms with Crippen molar-refractivity contribution in [1.82, 2.24) is 0 Å². The lowest BCUT2D eigenvalue weighted by molar-refractivity contribution is -0.156. The third-order valence-electron chi connectivity index (χ3n) is 8.36. The molecule has 0 aromatic heterocycles. The summed E-state index contributed by atoms with van der Waals surface area (Å²) in [6, 6.07) is 0. The predicted molar refractivity (Wildman–Crippen MR) is 144 cm³/mol. The van der Waals surface area contributed by atoms with Gasteiger partial charge in [0.2, 0.25) is 0 Å². The number of fused-ring (bicyclic) bond motifs is 3. The lowest BCUT2D eigenvalue weighted by atomic mass is 9.67. The molecule has 4 rings (SSSR count). The van der Waals surface area contributed by atoms with Crippen LogP contribution in [-0.2, 0) is 28.7 Å². The highest BCUT2D eigenvalue weighted by Gasteiger charge is 2.62. The standard InChI is InChI=1S/C32H38O6/c1-7-18(2)13-20(4)14-19(3)11-12-25(34)29-30-23-17-37-26(28-21(5)9-8-10-24(28)33)15-22(23)16-27(35)32(30,6)38-31(29)36/h8,10-12,14-18,20-21,28-30H,7,9,13H2,1-6H3/b12-11+,19-14+/t18?,20?,21-,28?,29?,30-,32-/m0/s1. The molecule has 0 saturated carbocycles. The van der Waals surface area contributed by atoms with E-state index in [4.69, 9.17) is 9.47 Å². The Bertz CT molecular complexity index is 1220. The van der Waals surface area contributed by atoms with Crippen LogP contribution in [0.4, 0.5) is 0 Å². The van der Waals surface area contributed by atoms with Crippen LogP contribution < -0.4 is 0 Å². The van der Waals surface area contributed by atoms with E-state index >= 15 is 0 Å². The van der Waals surface area contributed by atoms with E-state index in [1.807, 2.05) is 19.9 Å². The monoisotopic (exact) mass is 518 g/mol. The van der Waals surface area contributed by atoms with Gasteiger partial charge in [-0.15, -0.1) is 0 Å². The topological polar surface area (TPSA) is 86.7 Å². The molecule has 2 aliphatic heterocycles. The molecule has 7 atom stereocenters. The summed E-state index contributed by atoms with van der Waals surface area (Å²) in [6.45, 7) is 12.0. The Kier molecular flexibility index (Phi) is 7.91. The molecule has 38 heavy (non-hydrogen) atoms. The molecule has 0 aromatic rings. The molecule has 2 aliphatic carbocycles. The lowest BCUT2D eigenvalue weighted by Gasteiger charge is -2.36. The minimum atomic E-state index is -1.48. The first-order valence-electron chi connectivity index (χ1n) is 13.6. The summed E-state index contributed by atoms with van der Waals surface area (Å²) in [5.74, 6) is -2.44. The molecule has 0 spiro atoms. The van der Waals surface area contributed by atoms with Crippen molar-refractivity contribution in [3.05, 3.63) is 71.3 Å². The quantitative estimate of drug-likeness (QED) is 0.176. The fourth-order valence-electron chi connectivity index (χ4n) is 6.08. The van der Waals surface area contributed by atoms with Gasteiger partial charge in [0.15, 0.2) is 23.0 Å². The predicted octanol–water partition coefficient (Wildman–Crippen LogP) is 5.77. The summed E-state index contributed by atoms with van der Waals surface area (Å²) in [6.07, 6.45) is 16.3. The molecule has 6 heteroatoms. The van der Waals surface area contributed by atoms with Gasteiger partial charge < -0.3 is 9.47 Å². The number of ketones is 3. The zero-order valence-electron chi connectivity index (χ0n) is 23.2. The fourth-order valence-corrected chi connectivity index (χ4v) is 6.08. The molecule has 6 nitrogen and oxygen atoms in total. The summed E-state index contributed by atoms with van der Waals surface area (Å²) in [5, 5.41) is 0.